The van der Waals surface area contributed by atoms with Crippen LogP contribution in [0.5, 0.6) is 5.75 Å². The Labute approximate surface area is 302 Å². The van der Waals surface area contributed by atoms with E-state index < -0.39 is 5.76 Å². The molecule has 1 aromatic heterocycles. The van der Waals surface area contributed by atoms with E-state index in [0.717, 1.165) is 62.0 Å². The number of aryl methyl sites for hydroxylation is 5. The van der Waals surface area contributed by atoms with E-state index >= 15 is 0 Å². The second-order valence-electron chi connectivity index (χ2n) is 14.0. The number of hydrogen-bond donors (Lipinski definition) is 2. The van der Waals surface area contributed by atoms with Crippen LogP contribution < -0.4 is 11.1 Å². The number of carbonyl (C=O) groups excluding carboxylic acids is 1. The molecule has 1 heterocycles. The number of fused-ring (bicyclic) bond motifs is 1. The maximum Gasteiger partial charge on any atom is 0.419 e. The van der Waals surface area contributed by atoms with Crippen molar-refractivity contribution in [3.8, 4) is 5.75 Å². The molecule has 0 radical (unpaired) electrons. The summed E-state index contributed by atoms with van der Waals surface area (Å²) in [5.74, 6) is -0.153. The maximum atomic E-state index is 13.5. The van der Waals surface area contributed by atoms with Crippen molar-refractivity contribution in [3.63, 3.8) is 0 Å². The number of aromatic hydroxyl groups is 1. The largest absolute Gasteiger partial charge is 0.508 e. The van der Waals surface area contributed by atoms with Crippen molar-refractivity contribution in [1.29, 1.82) is 0 Å². The van der Waals surface area contributed by atoms with E-state index in [0.29, 0.717) is 23.3 Å². The number of oxazole rings is 1. The van der Waals surface area contributed by atoms with Gasteiger partial charge in [0.25, 0.3) is 0 Å². The summed E-state index contributed by atoms with van der Waals surface area (Å²) < 4.78 is 6.92. The van der Waals surface area contributed by atoms with Crippen LogP contribution in [0.2, 0.25) is 0 Å². The lowest BCUT2D eigenvalue weighted by Gasteiger charge is -2.34. The van der Waals surface area contributed by atoms with Gasteiger partial charge in [-0.1, -0.05) is 99.6 Å². The summed E-state index contributed by atoms with van der Waals surface area (Å²) in [7, 11) is 0. The number of carbonyl (C=O) groups is 1. The third-order valence-corrected chi connectivity index (χ3v) is 9.99. The Morgan fingerprint density at radius 2 is 1.61 bits per heavy atom. The Morgan fingerprint density at radius 3 is 2.37 bits per heavy atom. The number of nitrogens with one attached hydrogen (secondary N) is 1. The highest BCUT2D eigenvalue weighted by Gasteiger charge is 2.24. The zero-order chi connectivity index (χ0) is 36.3. The molecule has 0 aliphatic carbocycles. The third-order valence-electron chi connectivity index (χ3n) is 9.99. The quantitative estimate of drug-likeness (QED) is 0.0968. The zero-order valence-corrected chi connectivity index (χ0v) is 30.7. The van der Waals surface area contributed by atoms with Crippen LogP contribution in [0.4, 0.5) is 0 Å². The molecule has 0 aliphatic rings. The molecule has 51 heavy (non-hydrogen) atoms. The number of allylic oxidation sites excluding steroid dienone is 1. The van der Waals surface area contributed by atoms with Crippen LogP contribution in [-0.4, -0.2) is 39.6 Å². The van der Waals surface area contributed by atoms with Gasteiger partial charge in [0, 0.05) is 37.8 Å². The van der Waals surface area contributed by atoms with Gasteiger partial charge in [-0.15, -0.1) is 0 Å². The van der Waals surface area contributed by atoms with Gasteiger partial charge >= 0.3 is 5.76 Å². The van der Waals surface area contributed by atoms with Gasteiger partial charge < -0.3 is 19.7 Å². The molecule has 4 aromatic carbocycles. The van der Waals surface area contributed by atoms with Gasteiger partial charge in [0.15, 0.2) is 5.58 Å². The van der Waals surface area contributed by atoms with E-state index in [1.165, 1.54) is 26.8 Å². The van der Waals surface area contributed by atoms with E-state index in [9.17, 15) is 14.7 Å². The highest BCUT2D eigenvalue weighted by Crippen LogP contribution is 2.23. The van der Waals surface area contributed by atoms with Crippen LogP contribution >= 0.6 is 0 Å². The molecule has 5 rings (SSSR count). The molecular formula is C44H53N3O4. The van der Waals surface area contributed by atoms with Crippen LogP contribution in [-0.2, 0) is 37.0 Å². The normalized spacial score (nSPS) is 12.5. The number of phenolic OH excluding ortho intramolecular Hbond substituents is 1. The van der Waals surface area contributed by atoms with Gasteiger partial charge in [0.05, 0.1) is 5.52 Å². The van der Waals surface area contributed by atoms with Gasteiger partial charge in [-0.25, -0.2) is 4.79 Å². The number of phenols is 1. The Morgan fingerprint density at radius 1 is 0.882 bits per heavy atom. The Kier molecular flexibility index (Phi) is 13.0. The van der Waals surface area contributed by atoms with Crippen molar-refractivity contribution in [2.45, 2.75) is 85.2 Å². The van der Waals surface area contributed by atoms with Crippen molar-refractivity contribution in [3.05, 3.63) is 147 Å². The molecule has 5 aromatic rings. The summed E-state index contributed by atoms with van der Waals surface area (Å²) in [6.07, 6.45) is 5.55. The van der Waals surface area contributed by atoms with Crippen molar-refractivity contribution < 1.29 is 14.3 Å². The highest BCUT2D eigenvalue weighted by atomic mass is 16.4. The first-order valence-corrected chi connectivity index (χ1v) is 18.3. The van der Waals surface area contributed by atoms with E-state index in [4.69, 9.17) is 4.42 Å². The molecule has 1 amide bonds. The van der Waals surface area contributed by atoms with Crippen molar-refractivity contribution in [2.24, 2.45) is 5.92 Å². The fourth-order valence-corrected chi connectivity index (χ4v) is 6.84. The first-order chi connectivity index (χ1) is 24.6. The lowest BCUT2D eigenvalue weighted by Crippen LogP contribution is -2.45. The number of amides is 1. The van der Waals surface area contributed by atoms with Crippen molar-refractivity contribution >= 4 is 17.0 Å². The lowest BCUT2D eigenvalue weighted by molar-refractivity contribution is -0.122. The summed E-state index contributed by atoms with van der Waals surface area (Å²) in [6.45, 7) is 14.9. The maximum absolute atomic E-state index is 13.5. The molecule has 0 saturated carbocycles. The fraction of sp³-hybridized carbons (Fsp3) is 0.364. The number of benzene rings is 4. The molecule has 0 spiro atoms. The van der Waals surface area contributed by atoms with Gasteiger partial charge in [0.2, 0.25) is 5.91 Å². The van der Waals surface area contributed by atoms with Crippen LogP contribution in [0, 0.1) is 19.8 Å². The summed E-state index contributed by atoms with van der Waals surface area (Å²) in [5, 5.41) is 13.4. The minimum Gasteiger partial charge on any atom is -0.508 e. The molecule has 1 unspecified atom stereocenters. The van der Waals surface area contributed by atoms with Gasteiger partial charge in [-0.05, 0) is 103 Å². The number of para-hydroxylation sites is 2. The summed E-state index contributed by atoms with van der Waals surface area (Å²) in [5.41, 5.74) is 9.53. The smallest absolute Gasteiger partial charge is 0.419 e. The van der Waals surface area contributed by atoms with E-state index in [-0.39, 0.29) is 30.8 Å². The Bertz CT molecular complexity index is 1980. The van der Waals surface area contributed by atoms with Crippen molar-refractivity contribution in [2.75, 3.05) is 13.1 Å². The second kappa shape index (κ2) is 17.8. The van der Waals surface area contributed by atoms with E-state index in [1.54, 1.807) is 12.1 Å². The number of hydrogen-bond acceptors (Lipinski definition) is 5. The Balaban J connectivity index is 1.32. The molecular weight excluding hydrogens is 635 g/mol. The summed E-state index contributed by atoms with van der Waals surface area (Å²) in [4.78, 5) is 28.5. The van der Waals surface area contributed by atoms with E-state index in [1.807, 2.05) is 55.5 Å². The number of nitrogens with zero attached hydrogens (tertiary/aromatic N) is 2. The average Bonchev–Trinajstić information content (AvgIpc) is 3.45. The highest BCUT2D eigenvalue weighted by molar-refractivity contribution is 5.77. The van der Waals surface area contributed by atoms with Crippen LogP contribution in [0.25, 0.3) is 11.1 Å². The molecule has 7 nitrogen and oxygen atoms in total. The topological polar surface area (TPSA) is 87.7 Å². The standard InChI is InChI=1S/C44H53N3O4/c1-6-12-38-28-37(19-17-31(38)2)23-25-46(34(5)18-20-36-21-22-41(48)32(3)27-36)30-33(4)39(29-35-13-8-7-9-14-35)45-43(49)24-26-47-40-15-10-11-16-42(40)51-44(47)50/h7-11,13-17,19,21-22,27-28,33,39,48H,5-6,12,18,20,23-26,29-30H2,1-4H3,(H,45,49)/t33?,39-/m0/s1. The van der Waals surface area contributed by atoms with Gasteiger partial charge in [-0.3, -0.25) is 9.36 Å². The SMILES string of the molecule is C=C(CCc1ccc(O)c(C)c1)N(CCc1ccc(C)c(CCC)c1)CC(C)[C@H](Cc1ccccc1)NC(=O)CCn1c(=O)oc2ccccc21. The molecule has 0 bridgehead atoms. The fourth-order valence-electron chi connectivity index (χ4n) is 6.84. The third kappa shape index (κ3) is 10.3. The minimum atomic E-state index is -0.454. The van der Waals surface area contributed by atoms with E-state index in [2.05, 4.69) is 67.9 Å². The average molecular weight is 688 g/mol. The predicted molar refractivity (Wildman–Crippen MR) is 207 cm³/mol. The molecule has 268 valence electrons. The molecule has 0 aliphatic heterocycles. The Hall–Kier alpha value is -5.04. The zero-order valence-electron chi connectivity index (χ0n) is 30.7. The number of rotatable bonds is 18. The second-order valence-corrected chi connectivity index (χ2v) is 14.0. The van der Waals surface area contributed by atoms with Gasteiger partial charge in [-0.2, -0.15) is 0 Å². The molecule has 7 heteroatoms. The first-order valence-electron chi connectivity index (χ1n) is 18.3. The first kappa shape index (κ1) is 37.2. The van der Waals surface area contributed by atoms with Gasteiger partial charge in [0.1, 0.15) is 5.75 Å². The monoisotopic (exact) mass is 687 g/mol. The van der Waals surface area contributed by atoms with Crippen LogP contribution in [0.15, 0.2) is 112 Å². The van der Waals surface area contributed by atoms with Crippen LogP contribution in [0.3, 0.4) is 0 Å². The summed E-state index contributed by atoms with van der Waals surface area (Å²) in [6, 6.07) is 30.1. The molecule has 0 fully saturated rings. The minimum absolute atomic E-state index is 0.0907. The predicted octanol–water partition coefficient (Wildman–Crippen LogP) is 8.31. The molecule has 2 N–H and O–H groups in total. The molecule has 2 atom stereocenters. The van der Waals surface area contributed by atoms with Crippen LogP contribution in [0.1, 0.15) is 66.5 Å². The van der Waals surface area contributed by atoms with Crippen molar-refractivity contribution in [1.82, 2.24) is 14.8 Å². The summed E-state index contributed by atoms with van der Waals surface area (Å²) >= 11 is 0. The number of aromatic nitrogens is 1. The lowest BCUT2D eigenvalue weighted by atomic mass is 9.93. The molecule has 0 saturated heterocycles.